The Balaban J connectivity index is 2.03. The fourth-order valence-electron chi connectivity index (χ4n) is 1.73. The summed E-state index contributed by atoms with van der Waals surface area (Å²) in [6.07, 6.45) is 1.84. The normalized spacial score (nSPS) is 10.3. The van der Waals surface area contributed by atoms with Crippen LogP contribution in [0.25, 0.3) is 10.9 Å². The number of H-pyrrole nitrogens is 1. The molecule has 0 fully saturated rings. The van der Waals surface area contributed by atoms with Gasteiger partial charge in [0.05, 0.1) is 19.1 Å². The van der Waals surface area contributed by atoms with Crippen LogP contribution in [0, 0.1) is 0 Å². The lowest BCUT2D eigenvalue weighted by atomic mass is 10.1. The van der Waals surface area contributed by atoms with Crippen molar-refractivity contribution in [1.29, 1.82) is 0 Å². The molecule has 18 heavy (non-hydrogen) atoms. The standard InChI is InChI=1S/C13H14N2O3/c1-18-12(16)6-7-14-13(17)10-8-15-11-5-3-2-4-9(10)11/h2-5,8,15H,6-7H2,1H3,(H,14,17). The van der Waals surface area contributed by atoms with Crippen LogP contribution >= 0.6 is 0 Å². The third kappa shape index (κ3) is 2.51. The van der Waals surface area contributed by atoms with E-state index in [9.17, 15) is 9.59 Å². The first kappa shape index (κ1) is 12.2. The molecule has 0 aliphatic rings. The van der Waals surface area contributed by atoms with Crippen LogP contribution in [0.4, 0.5) is 0 Å². The fourth-order valence-corrected chi connectivity index (χ4v) is 1.73. The number of nitrogens with one attached hydrogen (secondary N) is 2. The van der Waals surface area contributed by atoms with E-state index in [1.165, 1.54) is 7.11 Å². The first-order valence-electron chi connectivity index (χ1n) is 5.63. The molecule has 0 bridgehead atoms. The second-order valence-corrected chi connectivity index (χ2v) is 3.83. The highest BCUT2D eigenvalue weighted by molar-refractivity contribution is 6.06. The van der Waals surface area contributed by atoms with Crippen molar-refractivity contribution in [3.63, 3.8) is 0 Å². The lowest BCUT2D eigenvalue weighted by Crippen LogP contribution is -2.26. The average Bonchev–Trinajstić information content (AvgIpc) is 2.82. The third-order valence-corrected chi connectivity index (χ3v) is 2.68. The van der Waals surface area contributed by atoms with Crippen LogP contribution in [0.2, 0.25) is 0 Å². The molecule has 1 aromatic heterocycles. The largest absolute Gasteiger partial charge is 0.469 e. The van der Waals surface area contributed by atoms with Crippen molar-refractivity contribution >= 4 is 22.8 Å². The number of fused-ring (bicyclic) bond motifs is 1. The monoisotopic (exact) mass is 246 g/mol. The van der Waals surface area contributed by atoms with E-state index < -0.39 is 0 Å². The number of hydrogen-bond donors (Lipinski definition) is 2. The van der Waals surface area contributed by atoms with Crippen molar-refractivity contribution in [1.82, 2.24) is 10.3 Å². The van der Waals surface area contributed by atoms with E-state index in [0.29, 0.717) is 5.56 Å². The average molecular weight is 246 g/mol. The number of aromatic nitrogens is 1. The zero-order valence-corrected chi connectivity index (χ0v) is 10.0. The number of hydrogen-bond acceptors (Lipinski definition) is 3. The molecule has 1 amide bonds. The van der Waals surface area contributed by atoms with Gasteiger partial charge in [-0.15, -0.1) is 0 Å². The van der Waals surface area contributed by atoms with Crippen molar-refractivity contribution in [3.05, 3.63) is 36.0 Å². The predicted molar refractivity (Wildman–Crippen MR) is 67.3 cm³/mol. The molecule has 1 aromatic carbocycles. The molecular formula is C13H14N2O3. The number of carbonyl (C=O) groups is 2. The molecule has 0 radical (unpaired) electrons. The predicted octanol–water partition coefficient (Wildman–Crippen LogP) is 1.46. The van der Waals surface area contributed by atoms with E-state index in [1.807, 2.05) is 24.3 Å². The van der Waals surface area contributed by atoms with Crippen LogP contribution in [-0.4, -0.2) is 30.5 Å². The number of aromatic amines is 1. The Morgan fingerprint density at radius 3 is 2.89 bits per heavy atom. The topological polar surface area (TPSA) is 71.2 Å². The van der Waals surface area contributed by atoms with Crippen LogP contribution in [0.15, 0.2) is 30.5 Å². The van der Waals surface area contributed by atoms with Crippen LogP contribution in [-0.2, 0) is 9.53 Å². The Bertz CT molecular complexity index is 574. The quantitative estimate of drug-likeness (QED) is 0.802. The number of rotatable bonds is 4. The van der Waals surface area contributed by atoms with Gasteiger partial charge in [-0.05, 0) is 6.07 Å². The molecule has 0 aliphatic carbocycles. The Kier molecular flexibility index (Phi) is 3.62. The molecule has 0 aliphatic heterocycles. The summed E-state index contributed by atoms with van der Waals surface area (Å²) in [7, 11) is 1.32. The smallest absolute Gasteiger partial charge is 0.307 e. The lowest BCUT2D eigenvalue weighted by Gasteiger charge is -2.03. The number of benzene rings is 1. The molecule has 1 heterocycles. The van der Waals surface area contributed by atoms with Gasteiger partial charge in [-0.2, -0.15) is 0 Å². The summed E-state index contributed by atoms with van der Waals surface area (Å²) < 4.78 is 4.50. The van der Waals surface area contributed by atoms with Crippen LogP contribution in [0.3, 0.4) is 0 Å². The lowest BCUT2D eigenvalue weighted by molar-refractivity contribution is -0.140. The first-order valence-corrected chi connectivity index (χ1v) is 5.63. The van der Waals surface area contributed by atoms with Crippen molar-refractivity contribution in [2.24, 2.45) is 0 Å². The van der Waals surface area contributed by atoms with Gasteiger partial charge in [0.1, 0.15) is 0 Å². The third-order valence-electron chi connectivity index (χ3n) is 2.68. The fraction of sp³-hybridized carbons (Fsp3) is 0.231. The van der Waals surface area contributed by atoms with Gasteiger partial charge in [0.15, 0.2) is 0 Å². The summed E-state index contributed by atoms with van der Waals surface area (Å²) in [6, 6.07) is 7.56. The summed E-state index contributed by atoms with van der Waals surface area (Å²) in [5.74, 6) is -0.537. The van der Waals surface area contributed by atoms with Gasteiger partial charge >= 0.3 is 5.97 Å². The molecule has 2 N–H and O–H groups in total. The van der Waals surface area contributed by atoms with Gasteiger partial charge in [0.2, 0.25) is 0 Å². The van der Waals surface area contributed by atoms with E-state index in [0.717, 1.165) is 10.9 Å². The first-order chi connectivity index (χ1) is 8.72. The molecule has 94 valence electrons. The van der Waals surface area contributed by atoms with E-state index in [-0.39, 0.29) is 24.8 Å². The molecule has 0 spiro atoms. The molecule has 0 atom stereocenters. The molecule has 2 aromatic rings. The maximum atomic E-state index is 11.9. The van der Waals surface area contributed by atoms with Gasteiger partial charge in [0, 0.05) is 23.6 Å². The molecular weight excluding hydrogens is 232 g/mol. The van der Waals surface area contributed by atoms with E-state index in [4.69, 9.17) is 0 Å². The Hall–Kier alpha value is -2.30. The van der Waals surface area contributed by atoms with Gasteiger partial charge in [-0.1, -0.05) is 18.2 Å². The summed E-state index contributed by atoms with van der Waals surface area (Å²) in [6.45, 7) is 0.269. The molecule has 5 heteroatoms. The molecule has 2 rings (SSSR count). The van der Waals surface area contributed by atoms with E-state index >= 15 is 0 Å². The summed E-state index contributed by atoms with van der Waals surface area (Å²) in [4.78, 5) is 25.8. The maximum Gasteiger partial charge on any atom is 0.307 e. The minimum atomic E-state index is -0.339. The van der Waals surface area contributed by atoms with E-state index in [2.05, 4.69) is 15.0 Å². The Morgan fingerprint density at radius 1 is 1.33 bits per heavy atom. The van der Waals surface area contributed by atoms with Crippen molar-refractivity contribution in [2.75, 3.05) is 13.7 Å². The molecule has 0 saturated heterocycles. The highest BCUT2D eigenvalue weighted by Crippen LogP contribution is 2.17. The van der Waals surface area contributed by atoms with Crippen LogP contribution < -0.4 is 5.32 Å². The number of esters is 1. The maximum absolute atomic E-state index is 11.9. The molecule has 5 nitrogen and oxygen atoms in total. The van der Waals surface area contributed by atoms with Gasteiger partial charge in [-0.25, -0.2) is 0 Å². The summed E-state index contributed by atoms with van der Waals surface area (Å²) in [5, 5.41) is 3.55. The highest BCUT2D eigenvalue weighted by Gasteiger charge is 2.11. The SMILES string of the molecule is COC(=O)CCNC(=O)c1c[nH]c2ccccc12. The highest BCUT2D eigenvalue weighted by atomic mass is 16.5. The second-order valence-electron chi connectivity index (χ2n) is 3.83. The Labute approximate surface area is 104 Å². The van der Waals surface area contributed by atoms with Gasteiger partial charge < -0.3 is 15.0 Å². The van der Waals surface area contributed by atoms with Crippen LogP contribution in [0.1, 0.15) is 16.8 Å². The summed E-state index contributed by atoms with van der Waals surface area (Å²) in [5.41, 5.74) is 1.49. The van der Waals surface area contributed by atoms with Crippen molar-refractivity contribution in [2.45, 2.75) is 6.42 Å². The number of ether oxygens (including phenoxy) is 1. The summed E-state index contributed by atoms with van der Waals surface area (Å²) >= 11 is 0. The second kappa shape index (κ2) is 5.35. The van der Waals surface area contributed by atoms with E-state index in [1.54, 1.807) is 6.20 Å². The Morgan fingerprint density at radius 2 is 2.11 bits per heavy atom. The number of amides is 1. The van der Waals surface area contributed by atoms with Crippen molar-refractivity contribution < 1.29 is 14.3 Å². The minimum absolute atomic E-state index is 0.171. The van der Waals surface area contributed by atoms with Crippen molar-refractivity contribution in [3.8, 4) is 0 Å². The van der Waals surface area contributed by atoms with Crippen LogP contribution in [0.5, 0.6) is 0 Å². The molecule has 0 unspecified atom stereocenters. The number of carbonyl (C=O) groups excluding carboxylic acids is 2. The van der Waals surface area contributed by atoms with Gasteiger partial charge in [0.25, 0.3) is 5.91 Å². The minimum Gasteiger partial charge on any atom is -0.469 e. The van der Waals surface area contributed by atoms with Gasteiger partial charge in [-0.3, -0.25) is 9.59 Å². The number of para-hydroxylation sites is 1. The number of methoxy groups -OCH3 is 1. The zero-order valence-electron chi connectivity index (χ0n) is 10.0. The molecule has 0 saturated carbocycles. The zero-order chi connectivity index (χ0) is 13.0.